The standard InChI is InChI=1S/C15H22F2N2O2/c1-18-13(5-9-3-10(16)6-11(17)4-9)15(20)14-7-12(21-2)8-19-14/h3-4,6,12-15,18-20H,5,7-8H2,1-2H3. The molecule has 4 atom stereocenters. The van der Waals surface area contributed by atoms with Gasteiger partial charge in [-0.25, -0.2) is 8.78 Å². The molecule has 0 spiro atoms. The highest BCUT2D eigenvalue weighted by atomic mass is 19.1. The Kier molecular flexibility index (Phi) is 5.64. The van der Waals surface area contributed by atoms with Crippen LogP contribution in [0.3, 0.4) is 0 Å². The Bertz CT molecular complexity index is 453. The first kappa shape index (κ1) is 16.3. The topological polar surface area (TPSA) is 53.5 Å². The molecule has 118 valence electrons. The van der Waals surface area contributed by atoms with Gasteiger partial charge in [-0.15, -0.1) is 0 Å². The lowest BCUT2D eigenvalue weighted by Crippen LogP contribution is -2.49. The molecular weight excluding hydrogens is 278 g/mol. The van der Waals surface area contributed by atoms with Crippen LogP contribution in [0.2, 0.25) is 0 Å². The number of likely N-dealkylation sites (N-methyl/N-ethyl adjacent to an activating group) is 1. The van der Waals surface area contributed by atoms with Crippen LogP contribution in [0, 0.1) is 11.6 Å². The average molecular weight is 300 g/mol. The van der Waals surface area contributed by atoms with Crippen molar-refractivity contribution in [3.8, 4) is 0 Å². The molecule has 1 heterocycles. The highest BCUT2D eigenvalue weighted by Crippen LogP contribution is 2.18. The lowest BCUT2D eigenvalue weighted by molar-refractivity contribution is 0.0796. The van der Waals surface area contributed by atoms with E-state index in [1.165, 1.54) is 12.1 Å². The van der Waals surface area contributed by atoms with Gasteiger partial charge >= 0.3 is 0 Å². The molecule has 0 saturated carbocycles. The van der Waals surface area contributed by atoms with Gasteiger partial charge in [-0.05, 0) is 37.6 Å². The third kappa shape index (κ3) is 4.20. The minimum absolute atomic E-state index is 0.0915. The Balaban J connectivity index is 2.02. The summed E-state index contributed by atoms with van der Waals surface area (Å²) in [6.07, 6.45) is 0.491. The molecule has 0 radical (unpaired) electrons. The summed E-state index contributed by atoms with van der Waals surface area (Å²) in [6.45, 7) is 0.698. The van der Waals surface area contributed by atoms with E-state index in [0.29, 0.717) is 24.9 Å². The summed E-state index contributed by atoms with van der Waals surface area (Å²) < 4.78 is 31.7. The number of hydrogen-bond donors (Lipinski definition) is 3. The van der Waals surface area contributed by atoms with Gasteiger partial charge in [0.15, 0.2) is 0 Å². The molecule has 21 heavy (non-hydrogen) atoms. The van der Waals surface area contributed by atoms with Gasteiger partial charge < -0.3 is 20.5 Å². The Morgan fingerprint density at radius 1 is 1.38 bits per heavy atom. The molecule has 2 rings (SSSR count). The monoisotopic (exact) mass is 300 g/mol. The van der Waals surface area contributed by atoms with E-state index in [9.17, 15) is 13.9 Å². The van der Waals surface area contributed by atoms with E-state index < -0.39 is 17.7 Å². The molecule has 4 nitrogen and oxygen atoms in total. The molecule has 4 unspecified atom stereocenters. The molecule has 1 aliphatic heterocycles. The Morgan fingerprint density at radius 2 is 2.05 bits per heavy atom. The third-order valence-corrected chi connectivity index (χ3v) is 4.03. The molecule has 3 N–H and O–H groups in total. The zero-order chi connectivity index (χ0) is 15.4. The number of halogens is 2. The second-order valence-electron chi connectivity index (χ2n) is 5.48. The van der Waals surface area contributed by atoms with Crippen molar-refractivity contribution < 1.29 is 18.6 Å². The Labute approximate surface area is 123 Å². The summed E-state index contributed by atoms with van der Waals surface area (Å²) >= 11 is 0. The van der Waals surface area contributed by atoms with Gasteiger partial charge in [0, 0.05) is 31.8 Å². The molecule has 0 bridgehead atoms. The van der Waals surface area contributed by atoms with E-state index in [-0.39, 0.29) is 18.2 Å². The molecule has 0 aromatic heterocycles. The molecule has 0 aliphatic carbocycles. The smallest absolute Gasteiger partial charge is 0.126 e. The van der Waals surface area contributed by atoms with Crippen molar-refractivity contribution in [3.05, 3.63) is 35.4 Å². The maximum atomic E-state index is 13.2. The maximum Gasteiger partial charge on any atom is 0.126 e. The van der Waals surface area contributed by atoms with Crippen molar-refractivity contribution in [3.63, 3.8) is 0 Å². The highest BCUT2D eigenvalue weighted by molar-refractivity contribution is 5.19. The average Bonchev–Trinajstić information content (AvgIpc) is 2.92. The molecule has 1 aliphatic rings. The lowest BCUT2D eigenvalue weighted by Gasteiger charge is -2.27. The van der Waals surface area contributed by atoms with Gasteiger partial charge in [-0.3, -0.25) is 0 Å². The molecule has 1 saturated heterocycles. The highest BCUT2D eigenvalue weighted by Gasteiger charge is 2.33. The largest absolute Gasteiger partial charge is 0.390 e. The van der Waals surface area contributed by atoms with E-state index in [1.807, 2.05) is 0 Å². The number of benzene rings is 1. The van der Waals surface area contributed by atoms with Crippen molar-refractivity contribution in [1.82, 2.24) is 10.6 Å². The van der Waals surface area contributed by atoms with Gasteiger partial charge in [0.25, 0.3) is 0 Å². The van der Waals surface area contributed by atoms with Crippen LogP contribution in [0.4, 0.5) is 8.78 Å². The zero-order valence-corrected chi connectivity index (χ0v) is 12.3. The first-order chi connectivity index (χ1) is 10.0. The fourth-order valence-electron chi connectivity index (χ4n) is 2.83. The molecule has 0 amide bonds. The van der Waals surface area contributed by atoms with Crippen LogP contribution in [-0.4, -0.2) is 50.1 Å². The van der Waals surface area contributed by atoms with Gasteiger partial charge in [-0.1, -0.05) is 0 Å². The lowest BCUT2D eigenvalue weighted by atomic mass is 9.95. The van der Waals surface area contributed by atoms with Crippen LogP contribution in [0.1, 0.15) is 12.0 Å². The molecule has 6 heteroatoms. The molecule has 1 fully saturated rings. The second-order valence-corrected chi connectivity index (χ2v) is 5.48. The van der Waals surface area contributed by atoms with Gasteiger partial charge in [0.05, 0.1) is 12.2 Å². The number of rotatable bonds is 6. The first-order valence-electron chi connectivity index (χ1n) is 7.10. The van der Waals surface area contributed by atoms with E-state index in [2.05, 4.69) is 10.6 Å². The SMILES string of the molecule is CNC(Cc1cc(F)cc(F)c1)C(O)C1CC(OC)CN1. The summed E-state index contributed by atoms with van der Waals surface area (Å²) in [7, 11) is 3.37. The quantitative estimate of drug-likeness (QED) is 0.728. The fraction of sp³-hybridized carbons (Fsp3) is 0.600. The van der Waals surface area contributed by atoms with Crippen molar-refractivity contribution in [2.75, 3.05) is 20.7 Å². The molecule has 1 aromatic carbocycles. The number of ether oxygens (including phenoxy) is 1. The van der Waals surface area contributed by atoms with Gasteiger partial charge in [-0.2, -0.15) is 0 Å². The van der Waals surface area contributed by atoms with E-state index in [4.69, 9.17) is 4.74 Å². The fourth-order valence-corrected chi connectivity index (χ4v) is 2.83. The molecule has 1 aromatic rings. The van der Waals surface area contributed by atoms with Crippen LogP contribution in [0.5, 0.6) is 0 Å². The molecular formula is C15H22F2N2O2. The van der Waals surface area contributed by atoms with Crippen molar-refractivity contribution >= 4 is 0 Å². The predicted molar refractivity (Wildman–Crippen MR) is 76.1 cm³/mol. The van der Waals surface area contributed by atoms with Gasteiger partial charge in [0.2, 0.25) is 0 Å². The number of nitrogens with one attached hydrogen (secondary N) is 2. The predicted octanol–water partition coefficient (Wildman–Crippen LogP) is 0.833. The van der Waals surface area contributed by atoms with Crippen molar-refractivity contribution in [1.29, 1.82) is 0 Å². The van der Waals surface area contributed by atoms with E-state index in [0.717, 1.165) is 6.07 Å². The van der Waals surface area contributed by atoms with Crippen molar-refractivity contribution in [2.24, 2.45) is 0 Å². The number of aliphatic hydroxyl groups is 1. The Hall–Kier alpha value is -1.08. The summed E-state index contributed by atoms with van der Waals surface area (Å²) in [5.41, 5.74) is 0.521. The minimum Gasteiger partial charge on any atom is -0.390 e. The minimum atomic E-state index is -0.665. The summed E-state index contributed by atoms with van der Waals surface area (Å²) in [5, 5.41) is 16.7. The van der Waals surface area contributed by atoms with Crippen molar-refractivity contribution in [2.45, 2.75) is 37.1 Å². The first-order valence-corrected chi connectivity index (χ1v) is 7.10. The van der Waals surface area contributed by atoms with E-state index >= 15 is 0 Å². The normalized spacial score (nSPS) is 25.0. The third-order valence-electron chi connectivity index (χ3n) is 4.03. The van der Waals surface area contributed by atoms with Gasteiger partial charge in [0.1, 0.15) is 11.6 Å². The van der Waals surface area contributed by atoms with Crippen LogP contribution in [0.25, 0.3) is 0 Å². The van der Waals surface area contributed by atoms with Crippen LogP contribution >= 0.6 is 0 Å². The number of aliphatic hydroxyl groups excluding tert-OH is 1. The van der Waals surface area contributed by atoms with E-state index in [1.54, 1.807) is 14.2 Å². The number of methoxy groups -OCH3 is 1. The summed E-state index contributed by atoms with van der Waals surface area (Å²) in [4.78, 5) is 0. The maximum absolute atomic E-state index is 13.2. The Morgan fingerprint density at radius 3 is 2.57 bits per heavy atom. The van der Waals surface area contributed by atoms with Crippen LogP contribution in [-0.2, 0) is 11.2 Å². The summed E-state index contributed by atoms with van der Waals surface area (Å²) in [6, 6.07) is 3.04. The zero-order valence-electron chi connectivity index (χ0n) is 12.3. The van der Waals surface area contributed by atoms with Crippen LogP contribution in [0.15, 0.2) is 18.2 Å². The second kappa shape index (κ2) is 7.26. The summed E-state index contributed by atoms with van der Waals surface area (Å²) in [5.74, 6) is -1.21. The number of hydrogen-bond acceptors (Lipinski definition) is 4. The van der Waals surface area contributed by atoms with Crippen LogP contribution < -0.4 is 10.6 Å².